The van der Waals surface area contributed by atoms with E-state index in [1.165, 1.54) is 17.9 Å². The lowest BCUT2D eigenvalue weighted by Gasteiger charge is -2.11. The summed E-state index contributed by atoms with van der Waals surface area (Å²) < 4.78 is 32.5. The van der Waals surface area contributed by atoms with Crippen molar-refractivity contribution in [2.24, 2.45) is 14.1 Å². The van der Waals surface area contributed by atoms with Crippen LogP contribution < -0.4 is 11.2 Å². The van der Waals surface area contributed by atoms with Crippen molar-refractivity contribution in [3.63, 3.8) is 0 Å². The highest BCUT2D eigenvalue weighted by molar-refractivity contribution is 5.74. The molecule has 6 nitrogen and oxygen atoms in total. The van der Waals surface area contributed by atoms with Crippen LogP contribution in [-0.2, 0) is 14.1 Å². The first kappa shape index (κ1) is 18.4. The minimum absolute atomic E-state index is 0.0707. The topological polar surface area (TPSA) is 61.8 Å². The summed E-state index contributed by atoms with van der Waals surface area (Å²) in [6.45, 7) is 0. The van der Waals surface area contributed by atoms with Gasteiger partial charge in [0.05, 0.1) is 6.20 Å². The molecule has 4 rings (SSSR count). The molecular weight excluding hydrogens is 378 g/mol. The number of aromatic nitrogens is 4. The number of fused-ring (bicyclic) bond motifs is 1. The Morgan fingerprint density at radius 3 is 2.21 bits per heavy atom. The molecule has 8 heteroatoms. The lowest BCUT2D eigenvalue weighted by Crippen LogP contribution is -2.39. The van der Waals surface area contributed by atoms with E-state index in [1.807, 2.05) is 6.07 Å². The standard InChI is InChI=1S/C21H14F2N4O2/c1-25-19-15(12-24-26(19)2)20(28)27(21(25)29)18-16(22)10-14(11-17(18)23)9-8-13-6-4-3-5-7-13/h3-7,10-12H,1-2H3. The highest BCUT2D eigenvalue weighted by Crippen LogP contribution is 2.18. The fraction of sp³-hybridized carbons (Fsp3) is 0.0952. The van der Waals surface area contributed by atoms with E-state index in [9.17, 15) is 18.4 Å². The maximum Gasteiger partial charge on any atom is 0.337 e. The van der Waals surface area contributed by atoms with Gasteiger partial charge in [-0.3, -0.25) is 14.0 Å². The van der Waals surface area contributed by atoms with Crippen LogP contribution in [-0.4, -0.2) is 18.9 Å². The summed E-state index contributed by atoms with van der Waals surface area (Å²) in [7, 11) is 2.96. The van der Waals surface area contributed by atoms with E-state index in [-0.39, 0.29) is 16.6 Å². The van der Waals surface area contributed by atoms with Crippen molar-refractivity contribution >= 4 is 11.0 Å². The summed E-state index contributed by atoms with van der Waals surface area (Å²) in [6, 6.07) is 10.9. The molecule has 0 bridgehead atoms. The van der Waals surface area contributed by atoms with Gasteiger partial charge in [-0.15, -0.1) is 0 Å². The minimum Gasteiger partial charge on any atom is -0.280 e. The smallest absolute Gasteiger partial charge is 0.280 e. The van der Waals surface area contributed by atoms with Crippen LogP contribution in [0.3, 0.4) is 0 Å². The monoisotopic (exact) mass is 392 g/mol. The molecule has 0 aliphatic heterocycles. The van der Waals surface area contributed by atoms with Crippen molar-refractivity contribution in [3.05, 3.63) is 92.3 Å². The molecule has 0 atom stereocenters. The molecule has 0 amide bonds. The van der Waals surface area contributed by atoms with Gasteiger partial charge in [-0.2, -0.15) is 5.10 Å². The summed E-state index contributed by atoms with van der Waals surface area (Å²) in [5.74, 6) is 3.36. The second-order valence-corrected chi connectivity index (χ2v) is 6.39. The average Bonchev–Trinajstić information content (AvgIpc) is 3.09. The number of hydrogen-bond donors (Lipinski definition) is 0. The van der Waals surface area contributed by atoms with Gasteiger partial charge in [0, 0.05) is 25.2 Å². The average molecular weight is 392 g/mol. The molecule has 0 radical (unpaired) electrons. The van der Waals surface area contributed by atoms with Crippen molar-refractivity contribution in [2.75, 3.05) is 0 Å². The van der Waals surface area contributed by atoms with Gasteiger partial charge in [-0.05, 0) is 24.3 Å². The zero-order valence-electron chi connectivity index (χ0n) is 15.5. The molecule has 0 aliphatic carbocycles. The molecule has 2 heterocycles. The molecule has 4 aromatic rings. The van der Waals surface area contributed by atoms with E-state index in [0.29, 0.717) is 10.1 Å². The number of nitrogens with zero attached hydrogens (tertiary/aromatic N) is 4. The van der Waals surface area contributed by atoms with E-state index in [2.05, 4.69) is 16.9 Å². The Balaban J connectivity index is 1.91. The first-order chi connectivity index (χ1) is 13.9. The SMILES string of the molecule is Cn1ncc2c(=O)n(-c3c(F)cc(C#Cc4ccccc4)cc3F)c(=O)n(C)c21. The quantitative estimate of drug-likeness (QED) is 0.466. The first-order valence-corrected chi connectivity index (χ1v) is 8.58. The van der Waals surface area contributed by atoms with E-state index in [0.717, 1.165) is 16.7 Å². The predicted molar refractivity (Wildman–Crippen MR) is 104 cm³/mol. The molecule has 0 aliphatic rings. The van der Waals surface area contributed by atoms with Crippen molar-refractivity contribution in [2.45, 2.75) is 0 Å². The van der Waals surface area contributed by atoms with Crippen molar-refractivity contribution < 1.29 is 8.78 Å². The molecule has 0 fully saturated rings. The molecule has 29 heavy (non-hydrogen) atoms. The van der Waals surface area contributed by atoms with Gasteiger partial charge in [-0.25, -0.2) is 18.1 Å². The molecule has 2 aromatic heterocycles. The van der Waals surface area contributed by atoms with Gasteiger partial charge in [0.25, 0.3) is 5.56 Å². The molecule has 144 valence electrons. The molecular formula is C21H14F2N4O2. The Morgan fingerprint density at radius 1 is 0.931 bits per heavy atom. The minimum atomic E-state index is -1.06. The normalized spacial score (nSPS) is 10.8. The number of halogens is 2. The second kappa shape index (κ2) is 6.87. The number of aryl methyl sites for hydroxylation is 2. The fourth-order valence-corrected chi connectivity index (χ4v) is 3.14. The van der Waals surface area contributed by atoms with Crippen LogP contribution in [0.2, 0.25) is 0 Å². The van der Waals surface area contributed by atoms with Crippen LogP contribution in [0.25, 0.3) is 16.7 Å². The maximum atomic E-state index is 14.8. The van der Waals surface area contributed by atoms with Crippen LogP contribution in [0.15, 0.2) is 58.3 Å². The number of rotatable bonds is 1. The molecule has 0 N–H and O–H groups in total. The van der Waals surface area contributed by atoms with E-state index in [4.69, 9.17) is 0 Å². The van der Waals surface area contributed by atoms with Gasteiger partial charge in [0.15, 0.2) is 11.6 Å². The van der Waals surface area contributed by atoms with E-state index < -0.39 is 28.6 Å². The van der Waals surface area contributed by atoms with Crippen LogP contribution >= 0.6 is 0 Å². The highest BCUT2D eigenvalue weighted by Gasteiger charge is 2.21. The Hall–Kier alpha value is -3.99. The summed E-state index contributed by atoms with van der Waals surface area (Å²) in [6.07, 6.45) is 1.25. The highest BCUT2D eigenvalue weighted by atomic mass is 19.1. The second-order valence-electron chi connectivity index (χ2n) is 6.39. The lowest BCUT2D eigenvalue weighted by atomic mass is 10.1. The predicted octanol–water partition coefficient (Wildman–Crippen LogP) is 2.10. The zero-order valence-corrected chi connectivity index (χ0v) is 15.5. The Labute approximate surface area is 163 Å². The molecule has 0 unspecified atom stereocenters. The molecule has 0 spiro atoms. The third-order valence-electron chi connectivity index (χ3n) is 4.50. The fourth-order valence-electron chi connectivity index (χ4n) is 3.14. The van der Waals surface area contributed by atoms with Gasteiger partial charge >= 0.3 is 5.69 Å². The van der Waals surface area contributed by atoms with Gasteiger partial charge in [0.1, 0.15) is 16.7 Å². The Kier molecular flexibility index (Phi) is 4.35. The lowest BCUT2D eigenvalue weighted by molar-refractivity contribution is 0.558. The zero-order chi connectivity index (χ0) is 20.7. The Bertz CT molecular complexity index is 1410. The van der Waals surface area contributed by atoms with Gasteiger partial charge in [-0.1, -0.05) is 30.0 Å². The van der Waals surface area contributed by atoms with Crippen LogP contribution in [0.1, 0.15) is 11.1 Å². The summed E-state index contributed by atoms with van der Waals surface area (Å²) >= 11 is 0. The number of hydrogen-bond acceptors (Lipinski definition) is 3. The van der Waals surface area contributed by atoms with E-state index >= 15 is 0 Å². The van der Waals surface area contributed by atoms with E-state index in [1.54, 1.807) is 31.3 Å². The number of benzene rings is 2. The van der Waals surface area contributed by atoms with Crippen LogP contribution in [0, 0.1) is 23.5 Å². The largest absolute Gasteiger partial charge is 0.337 e. The van der Waals surface area contributed by atoms with Crippen molar-refractivity contribution in [1.82, 2.24) is 18.9 Å². The summed E-state index contributed by atoms with van der Waals surface area (Å²) in [5.41, 5.74) is -1.46. The molecule has 0 saturated carbocycles. The first-order valence-electron chi connectivity index (χ1n) is 8.58. The maximum absolute atomic E-state index is 14.8. The molecule has 2 aromatic carbocycles. The molecule has 0 saturated heterocycles. The van der Waals surface area contributed by atoms with Crippen LogP contribution in [0.4, 0.5) is 8.78 Å². The Morgan fingerprint density at radius 2 is 1.55 bits per heavy atom. The van der Waals surface area contributed by atoms with Gasteiger partial charge < -0.3 is 0 Å². The van der Waals surface area contributed by atoms with Crippen LogP contribution in [0.5, 0.6) is 0 Å². The van der Waals surface area contributed by atoms with Gasteiger partial charge in [0.2, 0.25) is 0 Å². The summed E-state index contributed by atoms with van der Waals surface area (Å²) in [5, 5.41) is 4.01. The van der Waals surface area contributed by atoms with Crippen molar-refractivity contribution in [1.29, 1.82) is 0 Å². The third-order valence-corrected chi connectivity index (χ3v) is 4.50. The van der Waals surface area contributed by atoms with Crippen molar-refractivity contribution in [3.8, 4) is 17.5 Å². The summed E-state index contributed by atoms with van der Waals surface area (Å²) in [4.78, 5) is 25.4. The third kappa shape index (κ3) is 3.02.